The molecule has 41 heavy (non-hydrogen) atoms. The Balaban J connectivity index is 1.33. The van der Waals surface area contributed by atoms with Crippen LogP contribution in [0.3, 0.4) is 0 Å². The first-order valence-electron chi connectivity index (χ1n) is 14.7. The number of urea groups is 1. The average Bonchev–Trinajstić information content (AvgIpc) is 3.30. The Morgan fingerprint density at radius 3 is 2.39 bits per heavy atom. The molecule has 2 aromatic rings. The van der Waals surface area contributed by atoms with Crippen LogP contribution in [0.5, 0.6) is 0 Å². The van der Waals surface area contributed by atoms with E-state index in [0.717, 1.165) is 64.1 Å². The molecule has 3 N–H and O–H groups in total. The quantitative estimate of drug-likeness (QED) is 0.530. The van der Waals surface area contributed by atoms with E-state index in [1.54, 1.807) is 11.1 Å². The first kappa shape index (κ1) is 28.6. The van der Waals surface area contributed by atoms with Crippen LogP contribution in [-0.2, 0) is 10.2 Å². The Hall–Kier alpha value is -3.89. The minimum atomic E-state index is -0.653. The lowest BCUT2D eigenvalue weighted by molar-refractivity contribution is -0.132. The van der Waals surface area contributed by atoms with Crippen LogP contribution >= 0.6 is 0 Å². The molecule has 3 aliphatic rings. The molecule has 3 saturated heterocycles. The van der Waals surface area contributed by atoms with Crippen molar-refractivity contribution in [2.24, 2.45) is 5.73 Å². The van der Waals surface area contributed by atoms with Gasteiger partial charge in [-0.25, -0.2) is 14.8 Å². The van der Waals surface area contributed by atoms with E-state index < -0.39 is 5.91 Å². The average molecular weight is 563 g/mol. The fourth-order valence-electron chi connectivity index (χ4n) is 6.48. The maximum absolute atomic E-state index is 12.7. The minimum Gasteiger partial charge on any atom is -0.364 e. The van der Waals surface area contributed by atoms with Gasteiger partial charge in [-0.2, -0.15) is 0 Å². The van der Waals surface area contributed by atoms with Gasteiger partial charge in [0.05, 0.1) is 12.2 Å². The molecule has 3 fully saturated rings. The molecule has 11 nitrogen and oxygen atoms in total. The Labute approximate surface area is 242 Å². The van der Waals surface area contributed by atoms with Gasteiger partial charge in [0.1, 0.15) is 5.82 Å². The minimum absolute atomic E-state index is 0.00632. The van der Waals surface area contributed by atoms with Crippen LogP contribution in [0.25, 0.3) is 0 Å². The van der Waals surface area contributed by atoms with E-state index in [2.05, 4.69) is 41.2 Å². The number of nitrogens with one attached hydrogen (secondary N) is 1. The lowest BCUT2D eigenvalue weighted by Gasteiger charge is -2.43. The normalized spacial score (nSPS) is 22.7. The van der Waals surface area contributed by atoms with Crippen molar-refractivity contribution < 1.29 is 14.4 Å². The predicted molar refractivity (Wildman–Crippen MR) is 158 cm³/mol. The summed E-state index contributed by atoms with van der Waals surface area (Å²) < 4.78 is 0. The largest absolute Gasteiger partial charge is 0.364 e. The van der Waals surface area contributed by atoms with Gasteiger partial charge >= 0.3 is 6.03 Å². The van der Waals surface area contributed by atoms with Crippen LogP contribution in [0.2, 0.25) is 0 Å². The summed E-state index contributed by atoms with van der Waals surface area (Å²) in [6, 6.07) is 8.36. The highest BCUT2D eigenvalue weighted by Crippen LogP contribution is 2.36. The van der Waals surface area contributed by atoms with Gasteiger partial charge in [-0.05, 0) is 55.7 Å². The van der Waals surface area contributed by atoms with Crippen molar-refractivity contribution in [3.63, 3.8) is 0 Å². The van der Waals surface area contributed by atoms with E-state index >= 15 is 0 Å². The molecule has 220 valence electrons. The summed E-state index contributed by atoms with van der Waals surface area (Å²) in [6.07, 6.45) is 5.84. The van der Waals surface area contributed by atoms with Crippen LogP contribution < -0.4 is 16.0 Å². The second-order valence-electron chi connectivity index (χ2n) is 11.8. The number of likely N-dealkylation sites (tertiary alicyclic amines) is 1. The summed E-state index contributed by atoms with van der Waals surface area (Å²) in [6.45, 7) is 10.1. The number of benzene rings is 1. The van der Waals surface area contributed by atoms with E-state index in [-0.39, 0.29) is 35.1 Å². The third-order valence-corrected chi connectivity index (χ3v) is 9.25. The van der Waals surface area contributed by atoms with Gasteiger partial charge in [-0.1, -0.05) is 26.0 Å². The van der Waals surface area contributed by atoms with Crippen molar-refractivity contribution in [3.05, 3.63) is 41.7 Å². The lowest BCUT2D eigenvalue weighted by Crippen LogP contribution is -2.55. The molecule has 0 saturated carbocycles. The molecule has 5 rings (SSSR count). The molecular weight excluding hydrogens is 520 g/mol. The zero-order chi connectivity index (χ0) is 29.3. The van der Waals surface area contributed by atoms with Crippen LogP contribution in [0.15, 0.2) is 30.5 Å². The highest BCUT2D eigenvalue weighted by atomic mass is 16.2. The van der Waals surface area contributed by atoms with Crippen molar-refractivity contribution in [3.8, 4) is 0 Å². The zero-order valence-corrected chi connectivity index (χ0v) is 24.6. The number of carbonyl (C=O) groups excluding carboxylic acids is 3. The van der Waals surface area contributed by atoms with Gasteiger partial charge in [0, 0.05) is 57.9 Å². The fourth-order valence-corrected chi connectivity index (χ4v) is 6.48. The second-order valence-corrected chi connectivity index (χ2v) is 11.8. The molecular formula is C30H42N8O3. The monoisotopic (exact) mass is 562 g/mol. The molecule has 0 radical (unpaired) electrons. The summed E-state index contributed by atoms with van der Waals surface area (Å²) >= 11 is 0. The summed E-state index contributed by atoms with van der Waals surface area (Å²) in [5.74, 6) is 0.519. The smallest absolute Gasteiger partial charge is 0.320 e. The number of piperidine rings is 2. The standard InChI is InChI=1S/C30H42N8O3/c1-5-25(39)36-15-12-30(3,13-16-36)21-8-10-22(11-9-21)33-28-26(27(31)40)32-19-24(34-28)37-14-6-7-23(20(37)2)38-18-17-35(4)29(38)41/h8-11,19-20,23H,5-7,12-18H2,1-4H3,(H2,31,40)(H,33,34). The molecule has 3 aliphatic heterocycles. The maximum Gasteiger partial charge on any atom is 0.320 e. The number of primary amides is 1. The first-order valence-corrected chi connectivity index (χ1v) is 14.7. The van der Waals surface area contributed by atoms with Crippen LogP contribution in [0.1, 0.15) is 68.9 Å². The highest BCUT2D eigenvalue weighted by Gasteiger charge is 2.39. The SMILES string of the molecule is CCC(=O)N1CCC(C)(c2ccc(Nc3nc(N4CCCC(N5CCN(C)C5=O)C4C)cnc3C(N)=O)cc2)CC1. The van der Waals surface area contributed by atoms with Gasteiger partial charge in [-0.15, -0.1) is 0 Å². The summed E-state index contributed by atoms with van der Waals surface area (Å²) in [7, 11) is 1.84. The van der Waals surface area contributed by atoms with Crippen LogP contribution in [-0.4, -0.2) is 94.4 Å². The number of nitrogens with two attached hydrogens (primary N) is 1. The highest BCUT2D eigenvalue weighted by molar-refractivity contribution is 5.96. The zero-order valence-electron chi connectivity index (χ0n) is 24.6. The number of aromatic nitrogens is 2. The lowest BCUT2D eigenvalue weighted by atomic mass is 9.74. The number of carbonyl (C=O) groups is 3. The predicted octanol–water partition coefficient (Wildman–Crippen LogP) is 3.33. The van der Waals surface area contributed by atoms with E-state index in [9.17, 15) is 14.4 Å². The molecule has 0 aliphatic carbocycles. The Morgan fingerprint density at radius 2 is 1.78 bits per heavy atom. The molecule has 2 atom stereocenters. The number of amides is 4. The van der Waals surface area contributed by atoms with Crippen LogP contribution in [0.4, 0.5) is 22.1 Å². The van der Waals surface area contributed by atoms with Gasteiger partial charge in [0.25, 0.3) is 5.91 Å². The van der Waals surface area contributed by atoms with Crippen molar-refractivity contribution in [1.82, 2.24) is 24.7 Å². The Kier molecular flexibility index (Phi) is 8.06. The third-order valence-electron chi connectivity index (χ3n) is 9.25. The van der Waals surface area contributed by atoms with E-state index in [1.807, 2.05) is 35.9 Å². The summed E-state index contributed by atoms with van der Waals surface area (Å²) in [5, 5.41) is 3.27. The van der Waals surface area contributed by atoms with E-state index in [1.165, 1.54) is 5.56 Å². The van der Waals surface area contributed by atoms with Gasteiger partial charge < -0.3 is 30.7 Å². The van der Waals surface area contributed by atoms with Gasteiger partial charge in [0.15, 0.2) is 11.5 Å². The van der Waals surface area contributed by atoms with E-state index in [4.69, 9.17) is 10.7 Å². The van der Waals surface area contributed by atoms with E-state index in [0.29, 0.717) is 18.1 Å². The van der Waals surface area contributed by atoms with Crippen molar-refractivity contribution in [2.75, 3.05) is 50.0 Å². The summed E-state index contributed by atoms with van der Waals surface area (Å²) in [4.78, 5) is 54.1. The van der Waals surface area contributed by atoms with Crippen molar-refractivity contribution in [1.29, 1.82) is 0 Å². The first-order chi connectivity index (χ1) is 19.6. The Bertz CT molecular complexity index is 1290. The molecule has 4 heterocycles. The third kappa shape index (κ3) is 5.67. The number of anilines is 3. The second kappa shape index (κ2) is 11.5. The number of rotatable bonds is 7. The molecule has 1 aromatic heterocycles. The number of hydrogen-bond acceptors (Lipinski definition) is 7. The molecule has 4 amide bonds. The Morgan fingerprint density at radius 1 is 1.07 bits per heavy atom. The number of hydrogen-bond donors (Lipinski definition) is 2. The summed E-state index contributed by atoms with van der Waals surface area (Å²) in [5.41, 5.74) is 7.74. The van der Waals surface area contributed by atoms with Crippen LogP contribution in [0, 0.1) is 0 Å². The van der Waals surface area contributed by atoms with Gasteiger partial charge in [0.2, 0.25) is 5.91 Å². The molecule has 0 spiro atoms. The van der Waals surface area contributed by atoms with Crippen molar-refractivity contribution in [2.45, 2.75) is 70.4 Å². The van der Waals surface area contributed by atoms with Gasteiger partial charge in [-0.3, -0.25) is 9.59 Å². The number of likely N-dealkylation sites (N-methyl/N-ethyl adjacent to an activating group) is 1. The topological polar surface area (TPSA) is 128 Å². The number of nitrogens with zero attached hydrogens (tertiary/aromatic N) is 6. The maximum atomic E-state index is 12.7. The van der Waals surface area contributed by atoms with Crippen molar-refractivity contribution >= 4 is 35.2 Å². The molecule has 0 bridgehead atoms. The fraction of sp³-hybridized carbons (Fsp3) is 0.567. The molecule has 1 aromatic carbocycles. The molecule has 2 unspecified atom stereocenters. The molecule has 11 heteroatoms.